The van der Waals surface area contributed by atoms with E-state index in [0.717, 1.165) is 11.1 Å². The number of rotatable bonds is 5. The van der Waals surface area contributed by atoms with Crippen molar-refractivity contribution in [2.75, 3.05) is 0 Å². The smallest absolute Gasteiger partial charge is 0.269 e. The Morgan fingerprint density at radius 1 is 0.926 bits per heavy atom. The predicted molar refractivity (Wildman–Crippen MR) is 98.2 cm³/mol. The van der Waals surface area contributed by atoms with Gasteiger partial charge in [0.15, 0.2) is 0 Å². The van der Waals surface area contributed by atoms with Crippen LogP contribution in [0, 0.1) is 26.1 Å². The van der Waals surface area contributed by atoms with Crippen molar-refractivity contribution in [1.82, 2.24) is 5.32 Å². The minimum atomic E-state index is -0.462. The minimum Gasteiger partial charge on any atom is -0.302 e. The van der Waals surface area contributed by atoms with Gasteiger partial charge in [-0.25, -0.2) is 0 Å². The molecule has 3 rings (SSSR count). The third-order valence-corrected chi connectivity index (χ3v) is 5.01. The number of ketones is 1. The molecule has 0 saturated carbocycles. The number of piperidine rings is 1. The van der Waals surface area contributed by atoms with Crippen LogP contribution in [0.4, 0.5) is 11.4 Å². The topological polar surface area (TPSA) is 115 Å². The Balaban J connectivity index is 1.88. The number of nitro benzene ring substituents is 2. The summed E-state index contributed by atoms with van der Waals surface area (Å²) >= 11 is 0. The quantitative estimate of drug-likeness (QED) is 0.632. The summed E-state index contributed by atoms with van der Waals surface area (Å²) in [7, 11) is 0. The number of nitrogens with zero attached hydrogens (tertiary/aromatic N) is 2. The van der Waals surface area contributed by atoms with Gasteiger partial charge in [0.05, 0.1) is 9.85 Å². The van der Waals surface area contributed by atoms with E-state index in [9.17, 15) is 25.0 Å². The van der Waals surface area contributed by atoms with Crippen LogP contribution in [0.3, 0.4) is 0 Å². The van der Waals surface area contributed by atoms with Gasteiger partial charge in [0, 0.05) is 48.7 Å². The van der Waals surface area contributed by atoms with Crippen LogP contribution < -0.4 is 5.32 Å². The number of Topliss-reactive ketones (excluding diaryl/α,β-unsaturated/α-hetero) is 1. The molecule has 0 spiro atoms. The number of carbonyl (C=O) groups excluding carboxylic acids is 1. The van der Waals surface area contributed by atoms with E-state index in [-0.39, 0.29) is 35.2 Å². The summed E-state index contributed by atoms with van der Waals surface area (Å²) in [5.41, 5.74) is 1.61. The lowest BCUT2D eigenvalue weighted by Gasteiger charge is -2.36. The number of nitro groups is 2. The lowest BCUT2D eigenvalue weighted by molar-refractivity contribution is -0.385. The highest BCUT2D eigenvalue weighted by Crippen LogP contribution is 2.37. The van der Waals surface area contributed by atoms with Crippen molar-refractivity contribution in [3.05, 3.63) is 79.9 Å². The van der Waals surface area contributed by atoms with E-state index in [1.807, 2.05) is 6.92 Å². The molecule has 27 heavy (non-hydrogen) atoms. The molecule has 2 aromatic carbocycles. The largest absolute Gasteiger partial charge is 0.302 e. The summed E-state index contributed by atoms with van der Waals surface area (Å²) < 4.78 is 0. The average molecular weight is 369 g/mol. The SMILES string of the molecule is CC[C@H]1C(=O)C[C@H](c2ccc([N+](=O)[O-])cc2)N[C@@H]1c1ccc([N+](=O)[O-])cc1. The summed E-state index contributed by atoms with van der Waals surface area (Å²) in [6.45, 7) is 1.94. The van der Waals surface area contributed by atoms with Crippen molar-refractivity contribution in [2.24, 2.45) is 5.92 Å². The molecule has 140 valence electrons. The molecule has 3 atom stereocenters. The molecule has 0 amide bonds. The molecule has 1 aliphatic rings. The molecule has 0 aromatic heterocycles. The fraction of sp³-hybridized carbons (Fsp3) is 0.316. The number of hydrogen-bond donors (Lipinski definition) is 1. The molecule has 1 saturated heterocycles. The molecule has 1 N–H and O–H groups in total. The fourth-order valence-electron chi connectivity index (χ4n) is 3.57. The van der Waals surface area contributed by atoms with E-state index < -0.39 is 9.85 Å². The molecule has 8 nitrogen and oxygen atoms in total. The molecular formula is C19H19N3O5. The highest BCUT2D eigenvalue weighted by Gasteiger charge is 2.36. The van der Waals surface area contributed by atoms with Crippen LogP contribution in [0.1, 0.15) is 43.0 Å². The van der Waals surface area contributed by atoms with Crippen molar-refractivity contribution in [3.63, 3.8) is 0 Å². The molecule has 0 radical (unpaired) electrons. The lowest BCUT2D eigenvalue weighted by Crippen LogP contribution is -2.42. The van der Waals surface area contributed by atoms with E-state index in [1.165, 1.54) is 24.3 Å². The molecule has 0 aliphatic carbocycles. The van der Waals surface area contributed by atoms with Gasteiger partial charge in [-0.3, -0.25) is 25.0 Å². The normalized spacial score (nSPS) is 22.4. The molecule has 0 bridgehead atoms. The first-order chi connectivity index (χ1) is 12.9. The number of carbonyl (C=O) groups is 1. The number of non-ortho nitro benzene ring substituents is 2. The third kappa shape index (κ3) is 3.85. The Hall–Kier alpha value is -3.13. The van der Waals surface area contributed by atoms with Gasteiger partial charge in [-0.1, -0.05) is 31.2 Å². The molecule has 8 heteroatoms. The second-order valence-corrected chi connectivity index (χ2v) is 6.58. The van der Waals surface area contributed by atoms with Gasteiger partial charge in [-0.05, 0) is 17.5 Å². The standard InChI is InChI=1S/C19H19N3O5/c1-2-16-18(23)11-17(12-3-7-14(8-4-12)21(24)25)20-19(16)13-5-9-15(10-6-13)22(26)27/h3-10,16-17,19-20H,2,11H2,1H3/t16-,17+,19+/m0/s1. The van der Waals surface area contributed by atoms with E-state index >= 15 is 0 Å². The van der Waals surface area contributed by atoms with Crippen molar-refractivity contribution < 1.29 is 14.6 Å². The van der Waals surface area contributed by atoms with Crippen molar-refractivity contribution >= 4 is 17.2 Å². The maximum Gasteiger partial charge on any atom is 0.269 e. The van der Waals surface area contributed by atoms with Gasteiger partial charge < -0.3 is 5.32 Å². The Bertz CT molecular complexity index is 864. The zero-order valence-corrected chi connectivity index (χ0v) is 14.7. The average Bonchev–Trinajstić information content (AvgIpc) is 2.67. The minimum absolute atomic E-state index is 0.000704. The van der Waals surface area contributed by atoms with Crippen molar-refractivity contribution in [3.8, 4) is 0 Å². The number of hydrogen-bond acceptors (Lipinski definition) is 6. The number of nitrogens with one attached hydrogen (secondary N) is 1. The fourth-order valence-corrected chi connectivity index (χ4v) is 3.57. The molecule has 1 aliphatic heterocycles. The van der Waals surface area contributed by atoms with Crippen LogP contribution in [-0.4, -0.2) is 15.6 Å². The van der Waals surface area contributed by atoms with Gasteiger partial charge >= 0.3 is 0 Å². The summed E-state index contributed by atoms with van der Waals surface area (Å²) in [5, 5.41) is 25.1. The zero-order valence-electron chi connectivity index (χ0n) is 14.7. The second kappa shape index (κ2) is 7.63. The van der Waals surface area contributed by atoms with Crippen LogP contribution in [0.15, 0.2) is 48.5 Å². The van der Waals surface area contributed by atoms with Gasteiger partial charge in [0.2, 0.25) is 0 Å². The number of benzene rings is 2. The monoisotopic (exact) mass is 369 g/mol. The predicted octanol–water partition coefficient (Wildman–Crippen LogP) is 3.87. The molecule has 1 fully saturated rings. The first-order valence-corrected chi connectivity index (χ1v) is 8.68. The molecular weight excluding hydrogens is 350 g/mol. The Labute approximate surface area is 155 Å². The molecule has 1 heterocycles. The second-order valence-electron chi connectivity index (χ2n) is 6.58. The van der Waals surface area contributed by atoms with Gasteiger partial charge in [0.1, 0.15) is 5.78 Å². The van der Waals surface area contributed by atoms with Gasteiger partial charge in [-0.2, -0.15) is 0 Å². The highest BCUT2D eigenvalue weighted by molar-refractivity contribution is 5.83. The van der Waals surface area contributed by atoms with Gasteiger partial charge in [0.25, 0.3) is 11.4 Å². The Kier molecular flexibility index (Phi) is 5.27. The third-order valence-electron chi connectivity index (χ3n) is 5.01. The van der Waals surface area contributed by atoms with Crippen LogP contribution in [0.2, 0.25) is 0 Å². The van der Waals surface area contributed by atoms with Crippen LogP contribution in [-0.2, 0) is 4.79 Å². The maximum absolute atomic E-state index is 12.7. The van der Waals surface area contributed by atoms with E-state index in [0.29, 0.717) is 12.8 Å². The van der Waals surface area contributed by atoms with Crippen LogP contribution >= 0.6 is 0 Å². The summed E-state index contributed by atoms with van der Waals surface area (Å²) in [6, 6.07) is 11.8. The summed E-state index contributed by atoms with van der Waals surface area (Å²) in [5.74, 6) is -0.108. The first kappa shape index (κ1) is 18.7. The zero-order chi connectivity index (χ0) is 19.6. The van der Waals surface area contributed by atoms with Crippen molar-refractivity contribution in [1.29, 1.82) is 0 Å². The summed E-state index contributed by atoms with van der Waals surface area (Å²) in [4.78, 5) is 33.5. The summed E-state index contributed by atoms with van der Waals surface area (Å²) in [6.07, 6.45) is 0.959. The highest BCUT2D eigenvalue weighted by atomic mass is 16.6. The van der Waals surface area contributed by atoms with E-state index in [2.05, 4.69) is 5.32 Å². The van der Waals surface area contributed by atoms with E-state index in [1.54, 1.807) is 24.3 Å². The van der Waals surface area contributed by atoms with Crippen molar-refractivity contribution in [2.45, 2.75) is 31.8 Å². The lowest BCUT2D eigenvalue weighted by atomic mass is 9.79. The molecule has 0 unspecified atom stereocenters. The first-order valence-electron chi connectivity index (χ1n) is 8.68. The maximum atomic E-state index is 12.7. The molecule has 2 aromatic rings. The Morgan fingerprint density at radius 2 is 1.41 bits per heavy atom. The van der Waals surface area contributed by atoms with Crippen LogP contribution in [0.25, 0.3) is 0 Å². The van der Waals surface area contributed by atoms with E-state index in [4.69, 9.17) is 0 Å². The van der Waals surface area contributed by atoms with Crippen LogP contribution in [0.5, 0.6) is 0 Å². The Morgan fingerprint density at radius 3 is 1.85 bits per heavy atom. The van der Waals surface area contributed by atoms with Gasteiger partial charge in [-0.15, -0.1) is 0 Å².